The Labute approximate surface area is 89.5 Å². The largest absolute Gasteiger partial charge is 0.266 e. The fraction of sp³-hybridized carbons (Fsp3) is 0.222. The molecule has 76 valence electrons. The van der Waals surface area contributed by atoms with Gasteiger partial charge in [-0.3, -0.25) is 4.98 Å². The number of pyridine rings is 1. The smallest absolute Gasteiger partial charge is 0.258 e. The van der Waals surface area contributed by atoms with Crippen LogP contribution in [0.25, 0.3) is 0 Å². The predicted molar refractivity (Wildman–Crippen MR) is 48.2 cm³/mol. The zero-order valence-electron chi connectivity index (χ0n) is 7.34. The van der Waals surface area contributed by atoms with Crippen LogP contribution in [-0.2, 0) is 6.42 Å². The molecule has 0 bridgehead atoms. The predicted octanol–water partition coefficient (Wildman–Crippen LogP) is 2.61. The summed E-state index contributed by atoms with van der Waals surface area (Å²) in [5.41, 5.74) is -0.684. The quantitative estimate of drug-likeness (QED) is 0.780. The lowest BCUT2D eigenvalue weighted by molar-refractivity contribution is 0.150. The van der Waals surface area contributed by atoms with E-state index in [9.17, 15) is 8.78 Å². The first-order chi connectivity index (χ1) is 7.11. The van der Waals surface area contributed by atoms with Crippen LogP contribution in [0.15, 0.2) is 6.20 Å². The van der Waals surface area contributed by atoms with Crippen molar-refractivity contribution in [3.63, 3.8) is 0 Å². The average Bonchev–Trinajstić information content (AvgIpc) is 2.20. The summed E-state index contributed by atoms with van der Waals surface area (Å²) in [6.07, 6.45) is -2.04. The number of halogens is 3. The van der Waals surface area contributed by atoms with Crippen LogP contribution in [-0.4, -0.2) is 4.98 Å². The van der Waals surface area contributed by atoms with Crippen molar-refractivity contribution in [2.75, 3.05) is 0 Å². The first-order valence-corrected chi connectivity index (χ1v) is 4.22. The summed E-state index contributed by atoms with van der Waals surface area (Å²) < 4.78 is 24.8. The SMILES string of the molecule is N#CCc1ncc(C(F)F)c(C#N)c1Cl. The Hall–Kier alpha value is -1.72. The van der Waals surface area contributed by atoms with E-state index in [1.54, 1.807) is 12.1 Å². The maximum atomic E-state index is 12.4. The molecule has 3 nitrogen and oxygen atoms in total. The van der Waals surface area contributed by atoms with Gasteiger partial charge < -0.3 is 0 Å². The Morgan fingerprint density at radius 2 is 2.13 bits per heavy atom. The Bertz CT molecular complexity index is 460. The molecule has 15 heavy (non-hydrogen) atoms. The highest BCUT2D eigenvalue weighted by Gasteiger charge is 2.18. The molecule has 0 atom stereocenters. The second kappa shape index (κ2) is 4.68. The van der Waals surface area contributed by atoms with Crippen LogP contribution in [0.1, 0.15) is 23.2 Å². The highest BCUT2D eigenvalue weighted by molar-refractivity contribution is 6.32. The standard InChI is InChI=1S/C9H4ClF2N3/c10-8-5(3-14)6(9(11)12)4-15-7(8)1-2-13/h4,9H,1H2. The van der Waals surface area contributed by atoms with Crippen molar-refractivity contribution in [1.29, 1.82) is 10.5 Å². The highest BCUT2D eigenvalue weighted by Crippen LogP contribution is 2.28. The summed E-state index contributed by atoms with van der Waals surface area (Å²) in [6, 6.07) is 3.36. The molecule has 0 amide bonds. The highest BCUT2D eigenvalue weighted by atomic mass is 35.5. The number of alkyl halides is 2. The molecule has 0 N–H and O–H groups in total. The van der Waals surface area contributed by atoms with Crippen molar-refractivity contribution in [1.82, 2.24) is 4.98 Å². The molecule has 1 heterocycles. The van der Waals surface area contributed by atoms with Gasteiger partial charge in [-0.25, -0.2) is 8.78 Å². The van der Waals surface area contributed by atoms with E-state index in [1.807, 2.05) is 0 Å². The molecule has 6 heteroatoms. The Morgan fingerprint density at radius 3 is 2.60 bits per heavy atom. The van der Waals surface area contributed by atoms with Crippen molar-refractivity contribution in [2.45, 2.75) is 12.8 Å². The topological polar surface area (TPSA) is 60.5 Å². The number of hydrogen-bond acceptors (Lipinski definition) is 3. The van der Waals surface area contributed by atoms with E-state index in [1.165, 1.54) is 0 Å². The van der Waals surface area contributed by atoms with E-state index >= 15 is 0 Å². The van der Waals surface area contributed by atoms with Gasteiger partial charge in [-0.1, -0.05) is 11.6 Å². The van der Waals surface area contributed by atoms with Gasteiger partial charge in [0.15, 0.2) is 0 Å². The minimum Gasteiger partial charge on any atom is -0.258 e. The summed E-state index contributed by atoms with van der Waals surface area (Å²) in [7, 11) is 0. The van der Waals surface area contributed by atoms with Crippen LogP contribution in [0.5, 0.6) is 0 Å². The molecular formula is C9H4ClF2N3. The number of aromatic nitrogens is 1. The third kappa shape index (κ3) is 2.20. The number of hydrogen-bond donors (Lipinski definition) is 0. The minimum atomic E-state index is -2.80. The summed E-state index contributed by atoms with van der Waals surface area (Å²) in [4.78, 5) is 3.61. The molecule has 0 aliphatic carbocycles. The van der Waals surface area contributed by atoms with Gasteiger partial charge in [0.1, 0.15) is 6.07 Å². The number of rotatable bonds is 2. The van der Waals surface area contributed by atoms with Crippen LogP contribution >= 0.6 is 11.6 Å². The Morgan fingerprint density at radius 1 is 1.47 bits per heavy atom. The van der Waals surface area contributed by atoms with Crippen molar-refractivity contribution >= 4 is 11.6 Å². The monoisotopic (exact) mass is 227 g/mol. The average molecular weight is 228 g/mol. The fourth-order valence-corrected chi connectivity index (χ4v) is 1.28. The van der Waals surface area contributed by atoms with Crippen molar-refractivity contribution < 1.29 is 8.78 Å². The van der Waals surface area contributed by atoms with Crippen molar-refractivity contribution in [3.05, 3.63) is 28.0 Å². The molecule has 1 rings (SSSR count). The summed E-state index contributed by atoms with van der Waals surface area (Å²) in [5, 5.41) is 16.9. The maximum absolute atomic E-state index is 12.4. The zero-order valence-corrected chi connectivity index (χ0v) is 8.09. The van der Waals surface area contributed by atoms with E-state index in [2.05, 4.69) is 4.98 Å². The molecule has 1 aromatic rings. The summed E-state index contributed by atoms with van der Waals surface area (Å²) in [6.45, 7) is 0. The molecule has 0 fully saturated rings. The van der Waals surface area contributed by atoms with E-state index in [0.717, 1.165) is 6.20 Å². The zero-order chi connectivity index (χ0) is 11.4. The number of nitrogens with zero attached hydrogens (tertiary/aromatic N) is 3. The fourth-order valence-electron chi connectivity index (χ4n) is 1.02. The lowest BCUT2D eigenvalue weighted by Crippen LogP contribution is -1.99. The van der Waals surface area contributed by atoms with E-state index in [-0.39, 0.29) is 22.7 Å². The minimum absolute atomic E-state index is 0.114. The molecule has 0 spiro atoms. The molecule has 0 saturated carbocycles. The van der Waals surface area contributed by atoms with Gasteiger partial charge in [-0.15, -0.1) is 0 Å². The first kappa shape index (κ1) is 11.4. The third-order valence-electron chi connectivity index (χ3n) is 1.71. The molecule has 0 aromatic carbocycles. The molecule has 0 aliphatic heterocycles. The van der Waals surface area contributed by atoms with Crippen molar-refractivity contribution in [2.24, 2.45) is 0 Å². The van der Waals surface area contributed by atoms with Gasteiger partial charge in [0.05, 0.1) is 34.3 Å². The van der Waals surface area contributed by atoms with Gasteiger partial charge >= 0.3 is 0 Å². The van der Waals surface area contributed by atoms with Crippen LogP contribution in [0.2, 0.25) is 5.02 Å². The van der Waals surface area contributed by atoms with E-state index in [0.29, 0.717) is 0 Å². The molecular weight excluding hydrogens is 224 g/mol. The normalized spacial score (nSPS) is 9.73. The first-order valence-electron chi connectivity index (χ1n) is 3.84. The van der Waals surface area contributed by atoms with E-state index < -0.39 is 12.0 Å². The van der Waals surface area contributed by atoms with E-state index in [4.69, 9.17) is 22.1 Å². The van der Waals surface area contributed by atoms with Gasteiger partial charge in [-0.05, 0) is 0 Å². The molecule has 1 aromatic heterocycles. The molecule has 0 unspecified atom stereocenters. The summed E-state index contributed by atoms with van der Waals surface area (Å²) >= 11 is 5.67. The van der Waals surface area contributed by atoms with Crippen LogP contribution in [0.4, 0.5) is 8.78 Å². The second-order valence-corrected chi connectivity index (χ2v) is 2.97. The van der Waals surface area contributed by atoms with Gasteiger partial charge in [-0.2, -0.15) is 10.5 Å². The van der Waals surface area contributed by atoms with Crippen LogP contribution in [0.3, 0.4) is 0 Å². The maximum Gasteiger partial charge on any atom is 0.266 e. The Balaban J connectivity index is 3.36. The molecule has 0 aliphatic rings. The summed E-state index contributed by atoms with van der Waals surface area (Å²) in [5.74, 6) is 0. The van der Waals surface area contributed by atoms with Crippen LogP contribution < -0.4 is 0 Å². The van der Waals surface area contributed by atoms with Crippen LogP contribution in [0, 0.1) is 22.7 Å². The van der Waals surface area contributed by atoms with Gasteiger partial charge in [0.25, 0.3) is 6.43 Å². The Kier molecular flexibility index (Phi) is 3.54. The third-order valence-corrected chi connectivity index (χ3v) is 2.12. The lowest BCUT2D eigenvalue weighted by Gasteiger charge is -2.06. The molecule has 0 radical (unpaired) electrons. The van der Waals surface area contributed by atoms with Crippen molar-refractivity contribution in [3.8, 4) is 12.1 Å². The lowest BCUT2D eigenvalue weighted by atomic mass is 10.1. The van der Waals surface area contributed by atoms with Gasteiger partial charge in [0, 0.05) is 6.20 Å². The second-order valence-electron chi connectivity index (χ2n) is 2.60. The van der Waals surface area contributed by atoms with Gasteiger partial charge in [0.2, 0.25) is 0 Å². The molecule has 0 saturated heterocycles. The number of nitriles is 2.